The average Bonchev–Trinajstić information content (AvgIpc) is 3.09. The molecule has 0 unspecified atom stereocenters. The van der Waals surface area contributed by atoms with Crippen molar-refractivity contribution in [2.45, 2.75) is 57.5 Å². The largest absolute Gasteiger partial charge is 0.388 e. The van der Waals surface area contributed by atoms with E-state index in [0.717, 1.165) is 5.56 Å². The van der Waals surface area contributed by atoms with Crippen LogP contribution in [0.3, 0.4) is 0 Å². The van der Waals surface area contributed by atoms with E-state index in [9.17, 15) is 24.9 Å². The number of benzene rings is 1. The molecule has 1 aliphatic heterocycles. The van der Waals surface area contributed by atoms with E-state index in [4.69, 9.17) is 0 Å². The molecule has 4 rings (SSSR count). The number of aliphatic hydroxyl groups is 3. The Morgan fingerprint density at radius 1 is 1.12 bits per heavy atom. The summed E-state index contributed by atoms with van der Waals surface area (Å²) < 4.78 is 0. The maximum absolute atomic E-state index is 13.8. The number of hydrogen-bond acceptors (Lipinski definition) is 5. The zero-order valence-electron chi connectivity index (χ0n) is 20.0. The van der Waals surface area contributed by atoms with Gasteiger partial charge in [0.05, 0.1) is 17.6 Å². The van der Waals surface area contributed by atoms with Crippen molar-refractivity contribution in [2.24, 2.45) is 29.1 Å². The van der Waals surface area contributed by atoms with Gasteiger partial charge in [0.15, 0.2) is 5.78 Å². The molecule has 0 aromatic heterocycles. The fourth-order valence-corrected chi connectivity index (χ4v) is 6.39. The molecule has 182 valence electrons. The fourth-order valence-electron chi connectivity index (χ4n) is 6.39. The van der Waals surface area contributed by atoms with Crippen molar-refractivity contribution in [1.29, 1.82) is 0 Å². The fraction of sp³-hybridized carbons (Fsp3) is 0.500. The monoisotopic (exact) mass is 465 g/mol. The summed E-state index contributed by atoms with van der Waals surface area (Å²) in [6.07, 6.45) is 4.77. The number of Topliss-reactive ketones (excluding diaryl/α,β-unsaturated/α-hetero) is 1. The molecular weight excluding hydrogens is 430 g/mol. The van der Waals surface area contributed by atoms with Gasteiger partial charge in [-0.2, -0.15) is 0 Å². The molecule has 1 spiro atoms. The lowest BCUT2D eigenvalue weighted by Gasteiger charge is -2.51. The maximum Gasteiger partial charge on any atom is 0.230 e. The van der Waals surface area contributed by atoms with Crippen LogP contribution in [-0.2, 0) is 16.0 Å². The third-order valence-electron chi connectivity index (χ3n) is 8.26. The summed E-state index contributed by atoms with van der Waals surface area (Å²) in [6, 6.07) is 9.57. The number of amides is 1. The first kappa shape index (κ1) is 24.6. The van der Waals surface area contributed by atoms with Crippen LogP contribution in [0.4, 0.5) is 0 Å². The molecule has 34 heavy (non-hydrogen) atoms. The number of nitrogens with one attached hydrogen (secondary N) is 1. The molecule has 0 radical (unpaired) electrons. The number of allylic oxidation sites excluding steroid dienone is 1. The third-order valence-corrected chi connectivity index (χ3v) is 8.26. The van der Waals surface area contributed by atoms with E-state index in [-0.39, 0.29) is 29.6 Å². The van der Waals surface area contributed by atoms with Crippen LogP contribution >= 0.6 is 0 Å². The minimum atomic E-state index is -1.78. The SMILES string of the molecule is C=C1[C@@H](C)[C@H]2[C@H](Cc3ccccc3)NC(=O)[C@]23[C@@H](O)/C=C/[C@@](C)(O)C(=O)[C@@H](C)C/C=C/[C@H]3[C@@H]1O. The molecule has 1 saturated carbocycles. The van der Waals surface area contributed by atoms with E-state index < -0.39 is 35.1 Å². The van der Waals surface area contributed by atoms with Crippen molar-refractivity contribution in [3.05, 3.63) is 72.4 Å². The highest BCUT2D eigenvalue weighted by Gasteiger charge is 2.67. The summed E-state index contributed by atoms with van der Waals surface area (Å²) in [5.41, 5.74) is -1.46. The van der Waals surface area contributed by atoms with Crippen LogP contribution in [0.5, 0.6) is 0 Å². The zero-order valence-corrected chi connectivity index (χ0v) is 20.0. The van der Waals surface area contributed by atoms with E-state index in [0.29, 0.717) is 18.4 Å². The van der Waals surface area contributed by atoms with Gasteiger partial charge in [-0.05, 0) is 42.9 Å². The summed E-state index contributed by atoms with van der Waals surface area (Å²) in [5, 5.41) is 36.8. The first-order valence-electron chi connectivity index (χ1n) is 12.0. The molecule has 1 saturated heterocycles. The summed E-state index contributed by atoms with van der Waals surface area (Å²) in [5.74, 6) is -2.50. The molecule has 1 heterocycles. The van der Waals surface area contributed by atoms with Gasteiger partial charge in [0.1, 0.15) is 5.60 Å². The van der Waals surface area contributed by atoms with E-state index >= 15 is 0 Å². The molecule has 1 aromatic carbocycles. The third kappa shape index (κ3) is 3.78. The molecule has 1 aromatic rings. The number of aliphatic hydroxyl groups excluding tert-OH is 2. The van der Waals surface area contributed by atoms with Crippen molar-refractivity contribution in [2.75, 3.05) is 0 Å². The van der Waals surface area contributed by atoms with E-state index in [1.807, 2.05) is 37.3 Å². The molecule has 2 aliphatic carbocycles. The van der Waals surface area contributed by atoms with Crippen LogP contribution in [0, 0.1) is 29.1 Å². The molecule has 9 atom stereocenters. The Kier molecular flexibility index (Phi) is 6.44. The molecule has 2 fully saturated rings. The van der Waals surface area contributed by atoms with E-state index in [2.05, 4.69) is 11.9 Å². The quantitative estimate of drug-likeness (QED) is 0.502. The Morgan fingerprint density at radius 3 is 2.47 bits per heavy atom. The Hall–Kier alpha value is -2.54. The van der Waals surface area contributed by atoms with Gasteiger partial charge in [0, 0.05) is 23.8 Å². The maximum atomic E-state index is 13.8. The molecule has 1 amide bonds. The smallest absolute Gasteiger partial charge is 0.230 e. The van der Waals surface area contributed by atoms with Gasteiger partial charge in [-0.1, -0.05) is 69.0 Å². The predicted octanol–water partition coefficient (Wildman–Crippen LogP) is 2.35. The number of hydrogen-bond donors (Lipinski definition) is 4. The van der Waals surface area contributed by atoms with Gasteiger partial charge >= 0.3 is 0 Å². The van der Waals surface area contributed by atoms with Crippen LogP contribution < -0.4 is 5.32 Å². The first-order chi connectivity index (χ1) is 16.0. The van der Waals surface area contributed by atoms with Gasteiger partial charge < -0.3 is 20.6 Å². The van der Waals surface area contributed by atoms with Gasteiger partial charge in [-0.15, -0.1) is 0 Å². The Labute approximate surface area is 201 Å². The van der Waals surface area contributed by atoms with Gasteiger partial charge in [0.25, 0.3) is 0 Å². The van der Waals surface area contributed by atoms with E-state index in [1.54, 1.807) is 19.1 Å². The van der Waals surface area contributed by atoms with Gasteiger partial charge in [-0.3, -0.25) is 9.59 Å². The second-order valence-electron chi connectivity index (χ2n) is 10.4. The first-order valence-corrected chi connectivity index (χ1v) is 12.0. The Morgan fingerprint density at radius 2 is 1.79 bits per heavy atom. The van der Waals surface area contributed by atoms with Crippen LogP contribution in [0.25, 0.3) is 0 Å². The Bertz CT molecular complexity index is 1030. The molecule has 6 nitrogen and oxygen atoms in total. The Balaban J connectivity index is 1.87. The van der Waals surface area contributed by atoms with Crippen LogP contribution in [-0.4, -0.2) is 50.9 Å². The van der Waals surface area contributed by atoms with Crippen LogP contribution in [0.15, 0.2) is 66.8 Å². The summed E-state index contributed by atoms with van der Waals surface area (Å²) in [7, 11) is 0. The second-order valence-corrected chi connectivity index (χ2v) is 10.4. The van der Waals surface area contributed by atoms with Crippen molar-refractivity contribution in [3.63, 3.8) is 0 Å². The van der Waals surface area contributed by atoms with E-state index in [1.165, 1.54) is 19.1 Å². The number of ketones is 1. The predicted molar refractivity (Wildman–Crippen MR) is 129 cm³/mol. The minimum Gasteiger partial charge on any atom is -0.388 e. The molecule has 4 N–H and O–H groups in total. The lowest BCUT2D eigenvalue weighted by Crippen LogP contribution is -2.59. The number of carbonyl (C=O) groups is 2. The van der Waals surface area contributed by atoms with Crippen molar-refractivity contribution >= 4 is 11.7 Å². The zero-order chi connectivity index (χ0) is 24.8. The van der Waals surface area contributed by atoms with Crippen LogP contribution in [0.2, 0.25) is 0 Å². The molecular formula is C28H35NO5. The van der Waals surface area contributed by atoms with Crippen molar-refractivity contribution in [1.82, 2.24) is 5.32 Å². The van der Waals surface area contributed by atoms with Crippen molar-refractivity contribution < 1.29 is 24.9 Å². The highest BCUT2D eigenvalue weighted by Crippen LogP contribution is 2.57. The highest BCUT2D eigenvalue weighted by atomic mass is 16.3. The average molecular weight is 466 g/mol. The second kappa shape index (κ2) is 8.91. The standard InChI is InChI=1S/C28H35NO5/c1-16-9-8-12-20-24(31)18(3)17(2)23-21(15-19-10-6-5-7-11-19)29-26(33)28(20,23)22(30)13-14-27(4,34)25(16)32/h5-8,10-14,16-17,20-24,30-31,34H,3,9,15H2,1-2,4H3,(H,29,33)/b12-8+,14-13+/t16-,17+,20-,21-,22-,23-,24+,27+,28+/m0/s1. The van der Waals surface area contributed by atoms with Crippen LogP contribution in [0.1, 0.15) is 32.8 Å². The molecule has 0 bridgehead atoms. The van der Waals surface area contributed by atoms with Gasteiger partial charge in [0.2, 0.25) is 5.91 Å². The molecule has 6 heteroatoms. The highest BCUT2D eigenvalue weighted by molar-refractivity contribution is 5.91. The number of rotatable bonds is 2. The number of carbonyl (C=O) groups excluding carboxylic acids is 2. The summed E-state index contributed by atoms with van der Waals surface area (Å²) >= 11 is 0. The lowest BCUT2D eigenvalue weighted by molar-refractivity contribution is -0.147. The van der Waals surface area contributed by atoms with Crippen molar-refractivity contribution in [3.8, 4) is 0 Å². The normalized spacial score (nSPS) is 44.4. The topological polar surface area (TPSA) is 107 Å². The molecule has 3 aliphatic rings. The van der Waals surface area contributed by atoms with Gasteiger partial charge in [-0.25, -0.2) is 0 Å². The summed E-state index contributed by atoms with van der Waals surface area (Å²) in [6.45, 7) is 9.24. The summed E-state index contributed by atoms with van der Waals surface area (Å²) in [4.78, 5) is 26.6. The lowest BCUT2D eigenvalue weighted by atomic mass is 9.51. The minimum absolute atomic E-state index is 0.249.